The number of anilines is 1. The highest BCUT2D eigenvalue weighted by atomic mass is 19.1. The molecule has 8 heteroatoms. The molecule has 0 aliphatic carbocycles. The van der Waals surface area contributed by atoms with Crippen LogP contribution in [0.4, 0.5) is 10.1 Å². The third-order valence-electron chi connectivity index (χ3n) is 3.65. The number of amides is 1. The van der Waals surface area contributed by atoms with Crippen molar-refractivity contribution in [2.24, 2.45) is 0 Å². The average molecular weight is 341 g/mol. The zero-order chi connectivity index (χ0) is 17.8. The molecule has 0 aliphatic rings. The van der Waals surface area contributed by atoms with Crippen LogP contribution in [0.2, 0.25) is 0 Å². The quantitative estimate of drug-likeness (QED) is 0.711. The molecule has 0 atom stereocenters. The number of ether oxygens (including phenoxy) is 1. The lowest BCUT2D eigenvalue weighted by Crippen LogP contribution is -2.30. The first-order chi connectivity index (χ1) is 12.1. The monoisotopic (exact) mass is 341 g/mol. The van der Waals surface area contributed by atoms with Crippen molar-refractivity contribution in [3.8, 4) is 17.1 Å². The van der Waals surface area contributed by atoms with E-state index in [1.54, 1.807) is 50.6 Å². The maximum atomic E-state index is 13.3. The van der Waals surface area contributed by atoms with Crippen LogP contribution in [0.1, 0.15) is 0 Å². The Balaban J connectivity index is 1.70. The van der Waals surface area contributed by atoms with Gasteiger partial charge in [-0.1, -0.05) is 12.1 Å². The molecule has 1 heterocycles. The SMILES string of the molecule is COc1ccc(N(C)C(=O)Cn2nnc(-c3cccc(F)c3)n2)cc1. The van der Waals surface area contributed by atoms with E-state index in [1.807, 2.05) is 0 Å². The van der Waals surface area contributed by atoms with Crippen molar-refractivity contribution in [1.29, 1.82) is 0 Å². The van der Waals surface area contributed by atoms with Gasteiger partial charge in [0.15, 0.2) is 0 Å². The molecule has 1 aromatic heterocycles. The van der Waals surface area contributed by atoms with Crippen molar-refractivity contribution >= 4 is 11.6 Å². The predicted molar refractivity (Wildman–Crippen MR) is 89.6 cm³/mol. The van der Waals surface area contributed by atoms with Gasteiger partial charge in [0, 0.05) is 18.3 Å². The number of hydrogen-bond donors (Lipinski definition) is 0. The summed E-state index contributed by atoms with van der Waals surface area (Å²) in [7, 11) is 3.24. The van der Waals surface area contributed by atoms with E-state index in [0.29, 0.717) is 11.3 Å². The number of hydrogen-bond acceptors (Lipinski definition) is 5. The number of likely N-dealkylation sites (N-methyl/N-ethyl adjacent to an activating group) is 1. The van der Waals surface area contributed by atoms with Crippen LogP contribution in [0.5, 0.6) is 5.75 Å². The summed E-state index contributed by atoms with van der Waals surface area (Å²) in [6.07, 6.45) is 0. The molecule has 7 nitrogen and oxygen atoms in total. The molecular formula is C17H16FN5O2. The normalized spacial score (nSPS) is 10.5. The number of tetrazole rings is 1. The molecule has 0 spiro atoms. The summed E-state index contributed by atoms with van der Waals surface area (Å²) in [6.45, 7) is -0.0785. The third-order valence-corrected chi connectivity index (χ3v) is 3.65. The lowest BCUT2D eigenvalue weighted by atomic mass is 10.2. The Kier molecular flexibility index (Phi) is 4.69. The van der Waals surface area contributed by atoms with E-state index in [-0.39, 0.29) is 24.1 Å². The summed E-state index contributed by atoms with van der Waals surface area (Å²) in [5.74, 6) is 0.374. The number of methoxy groups -OCH3 is 1. The summed E-state index contributed by atoms with van der Waals surface area (Å²) >= 11 is 0. The van der Waals surface area contributed by atoms with Crippen LogP contribution < -0.4 is 9.64 Å². The molecule has 0 bridgehead atoms. The second-order valence-corrected chi connectivity index (χ2v) is 5.30. The fourth-order valence-corrected chi connectivity index (χ4v) is 2.23. The maximum absolute atomic E-state index is 13.3. The molecule has 3 aromatic rings. The average Bonchev–Trinajstić information content (AvgIpc) is 3.09. The Hall–Kier alpha value is -3.29. The van der Waals surface area contributed by atoms with Gasteiger partial charge in [-0.2, -0.15) is 4.80 Å². The van der Waals surface area contributed by atoms with Crippen molar-refractivity contribution in [2.45, 2.75) is 6.54 Å². The smallest absolute Gasteiger partial charge is 0.250 e. The van der Waals surface area contributed by atoms with E-state index in [2.05, 4.69) is 15.4 Å². The summed E-state index contributed by atoms with van der Waals surface area (Å²) in [6, 6.07) is 13.0. The van der Waals surface area contributed by atoms with E-state index in [0.717, 1.165) is 5.69 Å². The van der Waals surface area contributed by atoms with Gasteiger partial charge in [-0.05, 0) is 41.6 Å². The highest BCUT2D eigenvalue weighted by Crippen LogP contribution is 2.18. The van der Waals surface area contributed by atoms with Crippen molar-refractivity contribution in [3.05, 3.63) is 54.3 Å². The fourth-order valence-electron chi connectivity index (χ4n) is 2.23. The summed E-state index contributed by atoms with van der Waals surface area (Å²) in [4.78, 5) is 15.0. The van der Waals surface area contributed by atoms with Gasteiger partial charge in [0.05, 0.1) is 7.11 Å². The second kappa shape index (κ2) is 7.08. The molecule has 0 radical (unpaired) electrons. The Morgan fingerprint density at radius 2 is 2.00 bits per heavy atom. The maximum Gasteiger partial charge on any atom is 0.250 e. The Bertz CT molecular complexity index is 879. The van der Waals surface area contributed by atoms with Crippen molar-refractivity contribution in [3.63, 3.8) is 0 Å². The molecule has 3 rings (SSSR count). The van der Waals surface area contributed by atoms with Crippen LogP contribution in [0.15, 0.2) is 48.5 Å². The molecule has 0 aliphatic heterocycles. The summed E-state index contributed by atoms with van der Waals surface area (Å²) in [5.41, 5.74) is 1.22. The lowest BCUT2D eigenvalue weighted by molar-refractivity contribution is -0.119. The highest BCUT2D eigenvalue weighted by molar-refractivity contribution is 5.92. The van der Waals surface area contributed by atoms with Gasteiger partial charge < -0.3 is 9.64 Å². The van der Waals surface area contributed by atoms with Crippen LogP contribution in [0, 0.1) is 5.82 Å². The number of carbonyl (C=O) groups excluding carboxylic acids is 1. The van der Waals surface area contributed by atoms with E-state index in [9.17, 15) is 9.18 Å². The molecule has 0 saturated carbocycles. The molecule has 0 N–H and O–H groups in total. The van der Waals surface area contributed by atoms with E-state index < -0.39 is 0 Å². The second-order valence-electron chi connectivity index (χ2n) is 5.30. The first-order valence-corrected chi connectivity index (χ1v) is 7.51. The molecule has 0 fully saturated rings. The number of halogens is 1. The molecule has 0 unspecified atom stereocenters. The summed E-state index contributed by atoms with van der Waals surface area (Å²) in [5, 5.41) is 11.8. The minimum atomic E-state index is -0.385. The standard InChI is InChI=1S/C17H16FN5O2/c1-22(14-6-8-15(25-2)9-7-14)16(24)11-23-20-17(19-21-23)12-4-3-5-13(18)10-12/h3-10H,11H2,1-2H3. The fraction of sp³-hybridized carbons (Fsp3) is 0.176. The first kappa shape index (κ1) is 16.6. The topological polar surface area (TPSA) is 73.1 Å². The Morgan fingerprint density at radius 3 is 2.68 bits per heavy atom. The van der Waals surface area contributed by atoms with Crippen LogP contribution in [-0.4, -0.2) is 40.3 Å². The van der Waals surface area contributed by atoms with Crippen LogP contribution in [-0.2, 0) is 11.3 Å². The van der Waals surface area contributed by atoms with Crippen LogP contribution in [0.3, 0.4) is 0 Å². The van der Waals surface area contributed by atoms with E-state index in [1.165, 1.54) is 21.8 Å². The minimum Gasteiger partial charge on any atom is -0.497 e. The molecule has 1 amide bonds. The van der Waals surface area contributed by atoms with Gasteiger partial charge >= 0.3 is 0 Å². The predicted octanol–water partition coefficient (Wildman–Crippen LogP) is 2.15. The van der Waals surface area contributed by atoms with Crippen molar-refractivity contribution in [2.75, 3.05) is 19.1 Å². The number of carbonyl (C=O) groups is 1. The number of benzene rings is 2. The largest absolute Gasteiger partial charge is 0.497 e. The van der Waals surface area contributed by atoms with Crippen LogP contribution >= 0.6 is 0 Å². The van der Waals surface area contributed by atoms with Crippen molar-refractivity contribution < 1.29 is 13.9 Å². The Labute approximate surface area is 143 Å². The van der Waals surface area contributed by atoms with E-state index >= 15 is 0 Å². The Morgan fingerprint density at radius 1 is 1.24 bits per heavy atom. The van der Waals surface area contributed by atoms with Gasteiger partial charge in [0.2, 0.25) is 11.7 Å². The third kappa shape index (κ3) is 3.79. The molecule has 128 valence electrons. The molecule has 25 heavy (non-hydrogen) atoms. The van der Waals surface area contributed by atoms with Crippen LogP contribution in [0.25, 0.3) is 11.4 Å². The lowest BCUT2D eigenvalue weighted by Gasteiger charge is -2.17. The van der Waals surface area contributed by atoms with Gasteiger partial charge in [0.1, 0.15) is 18.1 Å². The van der Waals surface area contributed by atoms with Gasteiger partial charge in [-0.3, -0.25) is 4.79 Å². The van der Waals surface area contributed by atoms with Gasteiger partial charge in [-0.25, -0.2) is 4.39 Å². The number of nitrogens with zero attached hydrogens (tertiary/aromatic N) is 5. The number of aromatic nitrogens is 4. The first-order valence-electron chi connectivity index (χ1n) is 7.51. The molecule has 0 saturated heterocycles. The number of rotatable bonds is 5. The zero-order valence-electron chi connectivity index (χ0n) is 13.8. The van der Waals surface area contributed by atoms with Gasteiger partial charge in [0.25, 0.3) is 0 Å². The highest BCUT2D eigenvalue weighted by Gasteiger charge is 2.14. The zero-order valence-corrected chi connectivity index (χ0v) is 13.8. The molecule has 2 aromatic carbocycles. The van der Waals surface area contributed by atoms with E-state index in [4.69, 9.17) is 4.74 Å². The minimum absolute atomic E-state index is 0.0785. The summed E-state index contributed by atoms with van der Waals surface area (Å²) < 4.78 is 18.4. The van der Waals surface area contributed by atoms with Gasteiger partial charge in [-0.15, -0.1) is 10.2 Å². The van der Waals surface area contributed by atoms with Crippen molar-refractivity contribution in [1.82, 2.24) is 20.2 Å². The molecular weight excluding hydrogens is 325 g/mol.